The maximum absolute atomic E-state index is 14.0. The van der Waals surface area contributed by atoms with Crippen molar-refractivity contribution in [3.05, 3.63) is 22.2 Å². The Morgan fingerprint density at radius 1 is 1.62 bits per heavy atom. The lowest BCUT2D eigenvalue weighted by Crippen LogP contribution is -2.42. The quantitative estimate of drug-likeness (QED) is 0.604. The third kappa shape index (κ3) is 2.65. The second-order valence-corrected chi connectivity index (χ2v) is 4.67. The smallest absolute Gasteiger partial charge is 0.351 e. The van der Waals surface area contributed by atoms with Crippen molar-refractivity contribution in [2.24, 2.45) is 0 Å². The van der Waals surface area contributed by atoms with Gasteiger partial charge in [0.25, 0.3) is 0 Å². The van der Waals surface area contributed by atoms with Gasteiger partial charge in [-0.15, -0.1) is 0 Å². The zero-order valence-electron chi connectivity index (χ0n) is 10.3. The molecule has 21 heavy (non-hydrogen) atoms. The Bertz CT molecular complexity index is 670. The van der Waals surface area contributed by atoms with Crippen LogP contribution in [0.3, 0.4) is 0 Å². The largest absolute Gasteiger partial charge is 0.394 e. The monoisotopic (exact) mass is 365 g/mol. The molecule has 0 spiro atoms. The molecule has 3 atom stereocenters. The lowest BCUT2D eigenvalue weighted by molar-refractivity contribution is -0.141. The number of aliphatic hydroxyl groups excluding tert-OH is 2. The molecule has 0 saturated carbocycles. The summed E-state index contributed by atoms with van der Waals surface area (Å²) in [4.78, 5) is 17.4. The molecule has 2 rings (SSSR count). The maximum Gasteiger partial charge on any atom is 0.351 e. The third-order valence-corrected chi connectivity index (χ3v) is 3.17. The van der Waals surface area contributed by atoms with Crippen molar-refractivity contribution in [3.8, 4) is 10.8 Å². The number of alkyl halides is 2. The van der Waals surface area contributed by atoms with Gasteiger partial charge in [0.15, 0.2) is 6.10 Å². The van der Waals surface area contributed by atoms with E-state index in [-0.39, 0.29) is 11.4 Å². The van der Waals surface area contributed by atoms with Gasteiger partial charge in [-0.3, -0.25) is 4.57 Å². The van der Waals surface area contributed by atoms with E-state index < -0.39 is 36.7 Å². The van der Waals surface area contributed by atoms with Gasteiger partial charge < -0.3 is 20.7 Å². The molecule has 3 unspecified atom stereocenters. The van der Waals surface area contributed by atoms with Crippen LogP contribution in [0.4, 0.5) is 14.6 Å². The molecule has 1 saturated heterocycles. The predicted octanol–water partition coefficient (Wildman–Crippen LogP) is -0.585. The number of aliphatic hydroxyl groups is 2. The highest BCUT2D eigenvalue weighted by Crippen LogP contribution is 2.42. The minimum Gasteiger partial charge on any atom is -0.394 e. The van der Waals surface area contributed by atoms with Crippen molar-refractivity contribution in [1.29, 1.82) is 0 Å². The predicted molar refractivity (Wildman–Crippen MR) is 70.7 cm³/mol. The first-order valence-corrected chi connectivity index (χ1v) is 6.44. The molecule has 4 N–H and O–H groups in total. The molecule has 0 aliphatic carbocycles. The summed E-state index contributed by atoms with van der Waals surface area (Å²) in [7, 11) is 0. The SMILES string of the molecule is Nc1nc(=O)n(C2OC(CO)C(O)C2(F)F)cc1C#CBr. The fourth-order valence-electron chi connectivity index (χ4n) is 1.92. The summed E-state index contributed by atoms with van der Waals surface area (Å²) in [6.07, 6.45) is -4.91. The molecule has 1 aromatic heterocycles. The zero-order valence-corrected chi connectivity index (χ0v) is 11.9. The van der Waals surface area contributed by atoms with E-state index in [4.69, 9.17) is 15.6 Å². The molecule has 2 heterocycles. The number of halogens is 3. The highest BCUT2D eigenvalue weighted by molar-refractivity contribution is 9.12. The molecular formula is C11H10BrF2N3O4. The van der Waals surface area contributed by atoms with Crippen molar-refractivity contribution in [2.75, 3.05) is 12.3 Å². The number of aromatic nitrogens is 2. The summed E-state index contributed by atoms with van der Waals surface area (Å²) in [5.74, 6) is -1.56. The molecule has 0 radical (unpaired) electrons. The summed E-state index contributed by atoms with van der Waals surface area (Å²) in [6.45, 7) is -0.821. The number of nitrogens with zero attached hydrogens (tertiary/aromatic N) is 2. The van der Waals surface area contributed by atoms with E-state index in [2.05, 4.69) is 31.7 Å². The van der Waals surface area contributed by atoms with Crippen molar-refractivity contribution < 1.29 is 23.7 Å². The molecule has 1 fully saturated rings. The van der Waals surface area contributed by atoms with E-state index in [0.29, 0.717) is 4.57 Å². The summed E-state index contributed by atoms with van der Waals surface area (Å²) in [5, 5.41) is 18.4. The maximum atomic E-state index is 14.0. The van der Waals surface area contributed by atoms with Gasteiger partial charge >= 0.3 is 11.6 Å². The molecular weight excluding hydrogens is 356 g/mol. The Labute approximate surface area is 125 Å². The van der Waals surface area contributed by atoms with Gasteiger partial charge in [-0.25, -0.2) is 4.79 Å². The molecule has 1 aromatic rings. The summed E-state index contributed by atoms with van der Waals surface area (Å²) >= 11 is 2.82. The Morgan fingerprint density at radius 2 is 2.29 bits per heavy atom. The van der Waals surface area contributed by atoms with Gasteiger partial charge in [0.1, 0.15) is 11.9 Å². The second-order valence-electron chi connectivity index (χ2n) is 4.28. The van der Waals surface area contributed by atoms with Crippen LogP contribution in [0.15, 0.2) is 11.0 Å². The fourth-order valence-corrected chi connectivity index (χ4v) is 2.13. The van der Waals surface area contributed by atoms with Crippen LogP contribution in [0, 0.1) is 10.8 Å². The topological polar surface area (TPSA) is 111 Å². The van der Waals surface area contributed by atoms with Gasteiger partial charge in [0, 0.05) is 22.1 Å². The first-order chi connectivity index (χ1) is 9.82. The first kappa shape index (κ1) is 15.8. The van der Waals surface area contributed by atoms with Gasteiger partial charge in [-0.1, -0.05) is 0 Å². The van der Waals surface area contributed by atoms with Crippen LogP contribution in [0.2, 0.25) is 0 Å². The molecule has 10 heteroatoms. The Morgan fingerprint density at radius 3 is 2.81 bits per heavy atom. The number of ether oxygens (including phenoxy) is 1. The van der Waals surface area contributed by atoms with E-state index in [1.54, 1.807) is 0 Å². The Kier molecular flexibility index (Phi) is 4.29. The van der Waals surface area contributed by atoms with E-state index in [0.717, 1.165) is 6.20 Å². The summed E-state index contributed by atoms with van der Waals surface area (Å²) in [6, 6.07) is 0. The van der Waals surface area contributed by atoms with Crippen LogP contribution < -0.4 is 11.4 Å². The number of nitrogens with two attached hydrogens (primary N) is 1. The van der Waals surface area contributed by atoms with Crippen LogP contribution in [0.5, 0.6) is 0 Å². The van der Waals surface area contributed by atoms with Gasteiger partial charge in [0.2, 0.25) is 6.23 Å². The average Bonchev–Trinajstić information content (AvgIpc) is 2.65. The van der Waals surface area contributed by atoms with E-state index in [1.807, 2.05) is 0 Å². The number of rotatable bonds is 2. The lowest BCUT2D eigenvalue weighted by Gasteiger charge is -2.21. The van der Waals surface area contributed by atoms with E-state index in [1.165, 1.54) is 0 Å². The molecule has 114 valence electrons. The molecule has 0 bridgehead atoms. The normalized spacial score (nSPS) is 27.2. The van der Waals surface area contributed by atoms with E-state index >= 15 is 0 Å². The van der Waals surface area contributed by atoms with E-state index in [9.17, 15) is 18.7 Å². The van der Waals surface area contributed by atoms with Crippen LogP contribution in [-0.4, -0.2) is 44.5 Å². The molecule has 7 nitrogen and oxygen atoms in total. The standard InChI is InChI=1S/C11H10BrF2N3O4/c12-2-1-5-3-17(10(20)16-8(5)15)9-11(13,14)7(19)6(4-18)21-9/h3,6-7,9,18-19H,4H2,(H2,15,16,20). The van der Waals surface area contributed by atoms with Crippen LogP contribution >= 0.6 is 15.9 Å². The minimum absolute atomic E-state index is 0.0350. The number of anilines is 1. The van der Waals surface area contributed by atoms with Crippen LogP contribution in [0.1, 0.15) is 11.8 Å². The first-order valence-electron chi connectivity index (χ1n) is 5.65. The molecule has 0 amide bonds. The third-order valence-electron chi connectivity index (χ3n) is 2.98. The summed E-state index contributed by atoms with van der Waals surface area (Å²) < 4.78 is 33.3. The van der Waals surface area contributed by atoms with Crippen molar-refractivity contribution in [2.45, 2.75) is 24.4 Å². The number of hydrogen-bond donors (Lipinski definition) is 3. The van der Waals surface area contributed by atoms with Crippen molar-refractivity contribution in [3.63, 3.8) is 0 Å². The number of hydrogen-bond acceptors (Lipinski definition) is 6. The molecule has 1 aliphatic rings. The Hall–Kier alpha value is -1.54. The molecule has 0 aromatic carbocycles. The lowest BCUT2D eigenvalue weighted by atomic mass is 10.1. The minimum atomic E-state index is -3.78. The summed E-state index contributed by atoms with van der Waals surface area (Å²) in [5.41, 5.74) is 4.41. The Balaban J connectivity index is 2.53. The average molecular weight is 366 g/mol. The number of nitrogen functional groups attached to an aromatic ring is 1. The second kappa shape index (κ2) is 5.69. The highest BCUT2D eigenvalue weighted by Gasteiger charge is 2.59. The van der Waals surface area contributed by atoms with Gasteiger partial charge in [0.05, 0.1) is 12.2 Å². The highest BCUT2D eigenvalue weighted by atomic mass is 79.9. The fraction of sp³-hybridized carbons (Fsp3) is 0.455. The van der Waals surface area contributed by atoms with Crippen LogP contribution in [0.25, 0.3) is 0 Å². The van der Waals surface area contributed by atoms with Gasteiger partial charge in [-0.05, 0) is 10.8 Å². The van der Waals surface area contributed by atoms with Crippen molar-refractivity contribution in [1.82, 2.24) is 9.55 Å². The van der Waals surface area contributed by atoms with Crippen LogP contribution in [-0.2, 0) is 4.74 Å². The zero-order chi connectivity index (χ0) is 15.8. The van der Waals surface area contributed by atoms with Gasteiger partial charge in [-0.2, -0.15) is 13.8 Å². The van der Waals surface area contributed by atoms with Crippen molar-refractivity contribution >= 4 is 21.7 Å². The molecule has 1 aliphatic heterocycles.